The molecular weight excluding hydrogens is 200 g/mol. The highest BCUT2D eigenvalue weighted by atomic mass is 16.2. The fourth-order valence-electron chi connectivity index (χ4n) is 1.94. The van der Waals surface area contributed by atoms with Crippen molar-refractivity contribution in [3.8, 4) is 0 Å². The minimum absolute atomic E-state index is 0.0260. The average molecular weight is 216 g/mol. The number of nitrogens with two attached hydrogens (primary N) is 1. The van der Waals surface area contributed by atoms with E-state index in [9.17, 15) is 4.79 Å². The van der Waals surface area contributed by atoms with Crippen LogP contribution >= 0.6 is 0 Å². The molecule has 2 N–H and O–H groups in total. The van der Waals surface area contributed by atoms with Gasteiger partial charge in [-0.1, -0.05) is 30.4 Å². The van der Waals surface area contributed by atoms with E-state index in [1.54, 1.807) is 11.9 Å². The maximum absolute atomic E-state index is 12.1. The first-order chi connectivity index (χ1) is 7.68. The van der Waals surface area contributed by atoms with Gasteiger partial charge in [-0.15, -0.1) is 0 Å². The van der Waals surface area contributed by atoms with Gasteiger partial charge >= 0.3 is 0 Å². The van der Waals surface area contributed by atoms with Crippen LogP contribution in [0.15, 0.2) is 42.5 Å². The molecule has 0 heterocycles. The Kier molecular flexibility index (Phi) is 3.06. The molecule has 1 amide bonds. The van der Waals surface area contributed by atoms with E-state index in [0.29, 0.717) is 0 Å². The predicted molar refractivity (Wildman–Crippen MR) is 65.1 cm³/mol. The maximum atomic E-state index is 12.1. The third-order valence-corrected chi connectivity index (χ3v) is 2.91. The van der Waals surface area contributed by atoms with Gasteiger partial charge in [0.25, 0.3) is 0 Å². The Morgan fingerprint density at radius 1 is 1.31 bits per heavy atom. The highest BCUT2D eigenvalue weighted by Crippen LogP contribution is 2.21. The number of hydrogen-bond acceptors (Lipinski definition) is 2. The Balaban J connectivity index is 2.08. The van der Waals surface area contributed by atoms with Gasteiger partial charge in [-0.25, -0.2) is 0 Å². The van der Waals surface area contributed by atoms with Crippen LogP contribution in [-0.2, 0) is 4.79 Å². The van der Waals surface area contributed by atoms with Gasteiger partial charge in [0.1, 0.15) is 0 Å². The van der Waals surface area contributed by atoms with Gasteiger partial charge in [-0.2, -0.15) is 0 Å². The normalized spacial score (nSPS) is 23.4. The lowest BCUT2D eigenvalue weighted by molar-refractivity contribution is -0.120. The number of carbonyl (C=O) groups excluding carboxylic acids is 1. The van der Waals surface area contributed by atoms with E-state index in [2.05, 4.69) is 0 Å². The molecule has 84 valence electrons. The molecule has 0 fully saturated rings. The molecule has 0 aliphatic heterocycles. The number of amides is 1. The Morgan fingerprint density at radius 2 is 2.00 bits per heavy atom. The summed E-state index contributed by atoms with van der Waals surface area (Å²) >= 11 is 0. The Bertz CT molecular complexity index is 400. The number of anilines is 1. The number of para-hydroxylation sites is 1. The lowest BCUT2D eigenvalue weighted by Crippen LogP contribution is -2.32. The molecule has 2 unspecified atom stereocenters. The van der Waals surface area contributed by atoms with Gasteiger partial charge in [0.05, 0.1) is 5.92 Å². The molecule has 0 radical (unpaired) electrons. The van der Waals surface area contributed by atoms with E-state index in [1.165, 1.54) is 0 Å². The first-order valence-corrected chi connectivity index (χ1v) is 5.45. The predicted octanol–water partition coefficient (Wildman–Crippen LogP) is 1.55. The van der Waals surface area contributed by atoms with Crippen LogP contribution in [0.1, 0.15) is 6.42 Å². The first-order valence-electron chi connectivity index (χ1n) is 5.45. The quantitative estimate of drug-likeness (QED) is 0.762. The van der Waals surface area contributed by atoms with Crippen LogP contribution in [0, 0.1) is 5.92 Å². The molecular formula is C13H16N2O. The summed E-state index contributed by atoms with van der Waals surface area (Å²) in [5, 5.41) is 0. The highest BCUT2D eigenvalue weighted by molar-refractivity contribution is 5.95. The molecule has 16 heavy (non-hydrogen) atoms. The summed E-state index contributed by atoms with van der Waals surface area (Å²) in [7, 11) is 1.80. The summed E-state index contributed by atoms with van der Waals surface area (Å²) in [5.41, 5.74) is 6.66. The van der Waals surface area contributed by atoms with Crippen molar-refractivity contribution in [1.82, 2.24) is 0 Å². The van der Waals surface area contributed by atoms with Crippen molar-refractivity contribution in [2.75, 3.05) is 11.9 Å². The summed E-state index contributed by atoms with van der Waals surface area (Å²) in [6.07, 6.45) is 4.53. The van der Waals surface area contributed by atoms with Gasteiger partial charge in [0, 0.05) is 18.8 Å². The van der Waals surface area contributed by atoms with Crippen molar-refractivity contribution >= 4 is 11.6 Å². The molecule has 1 aliphatic carbocycles. The van der Waals surface area contributed by atoms with Crippen LogP contribution in [0.25, 0.3) is 0 Å². The second-order valence-corrected chi connectivity index (χ2v) is 4.12. The molecule has 3 nitrogen and oxygen atoms in total. The molecule has 0 saturated heterocycles. The summed E-state index contributed by atoms with van der Waals surface area (Å²) in [5.74, 6) is 0.0376. The molecule has 0 bridgehead atoms. The summed E-state index contributed by atoms with van der Waals surface area (Å²) in [6, 6.07) is 9.67. The molecule has 0 saturated carbocycles. The zero-order chi connectivity index (χ0) is 11.5. The lowest BCUT2D eigenvalue weighted by Gasteiger charge is -2.20. The molecule has 1 aliphatic rings. The smallest absolute Gasteiger partial charge is 0.233 e. The van der Waals surface area contributed by atoms with E-state index in [4.69, 9.17) is 5.73 Å². The number of nitrogens with zero attached hydrogens (tertiary/aromatic N) is 1. The third kappa shape index (κ3) is 2.14. The van der Waals surface area contributed by atoms with Crippen molar-refractivity contribution in [2.24, 2.45) is 11.7 Å². The maximum Gasteiger partial charge on any atom is 0.233 e. The minimum Gasteiger partial charge on any atom is -0.324 e. The van der Waals surface area contributed by atoms with E-state index >= 15 is 0 Å². The van der Waals surface area contributed by atoms with Crippen molar-refractivity contribution < 1.29 is 4.79 Å². The van der Waals surface area contributed by atoms with E-state index in [0.717, 1.165) is 12.1 Å². The van der Waals surface area contributed by atoms with Crippen LogP contribution in [-0.4, -0.2) is 19.0 Å². The molecule has 0 spiro atoms. The fraction of sp³-hybridized carbons (Fsp3) is 0.308. The standard InChI is InChI=1S/C13H16N2O/c1-15(12-5-3-2-4-6-12)13(16)10-7-8-11(14)9-10/h2-8,10-11H,9,14H2,1H3. The van der Waals surface area contributed by atoms with Crippen LogP contribution in [0.3, 0.4) is 0 Å². The van der Waals surface area contributed by atoms with Crippen LogP contribution in [0.2, 0.25) is 0 Å². The number of carbonyl (C=O) groups is 1. The molecule has 1 aromatic carbocycles. The second kappa shape index (κ2) is 4.49. The molecule has 1 aromatic rings. The van der Waals surface area contributed by atoms with Crippen molar-refractivity contribution in [3.05, 3.63) is 42.5 Å². The topological polar surface area (TPSA) is 46.3 Å². The van der Waals surface area contributed by atoms with E-state index in [1.807, 2.05) is 42.5 Å². The Morgan fingerprint density at radius 3 is 2.56 bits per heavy atom. The van der Waals surface area contributed by atoms with Crippen LogP contribution in [0.4, 0.5) is 5.69 Å². The SMILES string of the molecule is CN(C(=O)C1C=CC(N)C1)c1ccccc1. The number of hydrogen-bond donors (Lipinski definition) is 1. The molecule has 2 rings (SSSR count). The zero-order valence-electron chi connectivity index (χ0n) is 9.34. The minimum atomic E-state index is -0.0693. The molecule has 2 atom stereocenters. The van der Waals surface area contributed by atoms with Gasteiger partial charge < -0.3 is 10.6 Å². The Labute approximate surface area is 95.6 Å². The lowest BCUT2D eigenvalue weighted by atomic mass is 10.1. The summed E-state index contributed by atoms with van der Waals surface area (Å²) < 4.78 is 0. The van der Waals surface area contributed by atoms with E-state index in [-0.39, 0.29) is 17.9 Å². The largest absolute Gasteiger partial charge is 0.324 e. The summed E-state index contributed by atoms with van der Waals surface area (Å²) in [4.78, 5) is 13.8. The van der Waals surface area contributed by atoms with Gasteiger partial charge in [-0.3, -0.25) is 4.79 Å². The van der Waals surface area contributed by atoms with Crippen molar-refractivity contribution in [1.29, 1.82) is 0 Å². The monoisotopic (exact) mass is 216 g/mol. The number of benzene rings is 1. The van der Waals surface area contributed by atoms with E-state index < -0.39 is 0 Å². The second-order valence-electron chi connectivity index (χ2n) is 4.12. The zero-order valence-corrected chi connectivity index (χ0v) is 9.34. The molecule has 0 aromatic heterocycles. The highest BCUT2D eigenvalue weighted by Gasteiger charge is 2.25. The van der Waals surface area contributed by atoms with Gasteiger partial charge in [-0.05, 0) is 18.6 Å². The Hall–Kier alpha value is -1.61. The van der Waals surface area contributed by atoms with Crippen molar-refractivity contribution in [3.63, 3.8) is 0 Å². The molecule has 3 heteroatoms. The van der Waals surface area contributed by atoms with Crippen LogP contribution < -0.4 is 10.6 Å². The first kappa shape index (κ1) is 10.9. The van der Waals surface area contributed by atoms with Gasteiger partial charge in [0.15, 0.2) is 0 Å². The average Bonchev–Trinajstić information content (AvgIpc) is 2.75. The third-order valence-electron chi connectivity index (χ3n) is 2.91. The number of rotatable bonds is 2. The van der Waals surface area contributed by atoms with Crippen LogP contribution in [0.5, 0.6) is 0 Å². The van der Waals surface area contributed by atoms with Gasteiger partial charge in [0.2, 0.25) is 5.91 Å². The fourth-order valence-corrected chi connectivity index (χ4v) is 1.94. The van der Waals surface area contributed by atoms with Crippen molar-refractivity contribution in [2.45, 2.75) is 12.5 Å². The summed E-state index contributed by atoms with van der Waals surface area (Å²) in [6.45, 7) is 0.